The van der Waals surface area contributed by atoms with E-state index in [1.54, 1.807) is 18.7 Å². The molecule has 0 fully saturated rings. The van der Waals surface area contributed by atoms with Crippen LogP contribution in [0.3, 0.4) is 0 Å². The molecule has 0 saturated carbocycles. The fourth-order valence-electron chi connectivity index (χ4n) is 0.252. The first-order valence-electron chi connectivity index (χ1n) is 2.43. The Morgan fingerprint density at radius 1 is 1.75 bits per heavy atom. The van der Waals surface area contributed by atoms with E-state index in [0.717, 1.165) is 5.71 Å². The van der Waals surface area contributed by atoms with Crippen molar-refractivity contribution in [1.82, 2.24) is 0 Å². The van der Waals surface area contributed by atoms with Crippen molar-refractivity contribution in [3.05, 3.63) is 0 Å². The van der Waals surface area contributed by atoms with Gasteiger partial charge >= 0.3 is 0 Å². The number of oxime groups is 1. The lowest BCUT2D eigenvalue weighted by atomic mass is 10.3. The number of rotatable bonds is 2. The molecule has 0 aliphatic carbocycles. The standard InChI is InChI=1S/C5H11NOS/c1-4(6-7)5(2)8-3/h5,7H,1-3H3/b6-4+/t5-/m0/s1. The third-order valence-corrected chi connectivity index (χ3v) is 2.15. The summed E-state index contributed by atoms with van der Waals surface area (Å²) in [6, 6.07) is 0. The van der Waals surface area contributed by atoms with Gasteiger partial charge in [0.15, 0.2) is 0 Å². The molecule has 0 aliphatic heterocycles. The van der Waals surface area contributed by atoms with Crippen molar-refractivity contribution in [3.63, 3.8) is 0 Å². The van der Waals surface area contributed by atoms with Gasteiger partial charge in [-0.3, -0.25) is 0 Å². The summed E-state index contributed by atoms with van der Waals surface area (Å²) in [5.74, 6) is 0. The Kier molecular flexibility index (Phi) is 3.69. The summed E-state index contributed by atoms with van der Waals surface area (Å²) in [5.41, 5.74) is 0.775. The molecule has 0 unspecified atom stereocenters. The highest BCUT2D eigenvalue weighted by Crippen LogP contribution is 2.05. The number of thioether (sulfide) groups is 1. The van der Waals surface area contributed by atoms with Crippen molar-refractivity contribution >= 4 is 17.5 Å². The van der Waals surface area contributed by atoms with Crippen LogP contribution in [0.1, 0.15) is 13.8 Å². The quantitative estimate of drug-likeness (QED) is 0.352. The predicted octanol–water partition coefficient (Wildman–Crippen LogP) is 1.59. The molecule has 0 amide bonds. The minimum atomic E-state index is 0.333. The lowest BCUT2D eigenvalue weighted by molar-refractivity contribution is 0.318. The van der Waals surface area contributed by atoms with Crippen LogP contribution in [0.2, 0.25) is 0 Å². The Hall–Kier alpha value is -0.180. The molecule has 1 N–H and O–H groups in total. The van der Waals surface area contributed by atoms with Gasteiger partial charge in [0.1, 0.15) is 0 Å². The topological polar surface area (TPSA) is 32.6 Å². The molecule has 0 aromatic carbocycles. The Morgan fingerprint density at radius 3 is 2.38 bits per heavy atom. The van der Waals surface area contributed by atoms with Crippen LogP contribution in [-0.2, 0) is 0 Å². The lowest BCUT2D eigenvalue weighted by Crippen LogP contribution is -2.07. The van der Waals surface area contributed by atoms with Gasteiger partial charge in [-0.15, -0.1) is 0 Å². The average Bonchev–Trinajstić information content (AvgIpc) is 1.84. The lowest BCUT2D eigenvalue weighted by Gasteiger charge is -2.02. The molecule has 0 heterocycles. The normalized spacial score (nSPS) is 16.1. The van der Waals surface area contributed by atoms with Gasteiger partial charge in [0, 0.05) is 5.25 Å². The monoisotopic (exact) mass is 133 g/mol. The molecule has 0 saturated heterocycles. The first-order chi connectivity index (χ1) is 3.72. The van der Waals surface area contributed by atoms with E-state index in [1.165, 1.54) is 0 Å². The summed E-state index contributed by atoms with van der Waals surface area (Å²) in [5, 5.41) is 11.6. The minimum absolute atomic E-state index is 0.333. The van der Waals surface area contributed by atoms with Crippen LogP contribution in [0.4, 0.5) is 0 Å². The Bertz CT molecular complexity index is 92.4. The van der Waals surface area contributed by atoms with Crippen LogP contribution in [0.25, 0.3) is 0 Å². The zero-order valence-electron chi connectivity index (χ0n) is 5.38. The highest BCUT2D eigenvalue weighted by molar-refractivity contribution is 7.99. The second-order valence-corrected chi connectivity index (χ2v) is 2.80. The van der Waals surface area contributed by atoms with Gasteiger partial charge in [0.2, 0.25) is 0 Å². The number of hydrogen-bond acceptors (Lipinski definition) is 3. The first kappa shape index (κ1) is 7.82. The molecular weight excluding hydrogens is 122 g/mol. The molecule has 1 atom stereocenters. The predicted molar refractivity (Wildman–Crippen MR) is 37.9 cm³/mol. The van der Waals surface area contributed by atoms with Crippen molar-refractivity contribution in [2.24, 2.45) is 5.16 Å². The highest BCUT2D eigenvalue weighted by atomic mass is 32.2. The van der Waals surface area contributed by atoms with Crippen molar-refractivity contribution in [2.75, 3.05) is 6.26 Å². The molecule has 2 nitrogen and oxygen atoms in total. The maximum atomic E-state index is 8.21. The Morgan fingerprint density at radius 2 is 2.25 bits per heavy atom. The van der Waals surface area contributed by atoms with Gasteiger partial charge in [-0.05, 0) is 20.1 Å². The van der Waals surface area contributed by atoms with E-state index >= 15 is 0 Å². The third-order valence-electron chi connectivity index (χ3n) is 1.10. The van der Waals surface area contributed by atoms with Crippen molar-refractivity contribution in [3.8, 4) is 0 Å². The molecular formula is C5H11NOS. The summed E-state index contributed by atoms with van der Waals surface area (Å²) in [7, 11) is 0. The molecule has 3 heteroatoms. The van der Waals surface area contributed by atoms with E-state index in [9.17, 15) is 0 Å². The SMILES string of the molecule is CS[C@@H](C)/C(C)=N/O. The molecule has 0 aromatic heterocycles. The van der Waals surface area contributed by atoms with Crippen LogP contribution < -0.4 is 0 Å². The molecule has 0 radical (unpaired) electrons. The van der Waals surface area contributed by atoms with Gasteiger partial charge in [0.25, 0.3) is 0 Å². The van der Waals surface area contributed by atoms with Crippen molar-refractivity contribution < 1.29 is 5.21 Å². The average molecular weight is 133 g/mol. The molecule has 0 rings (SSSR count). The fraction of sp³-hybridized carbons (Fsp3) is 0.800. The van der Waals surface area contributed by atoms with Crippen LogP contribution in [0, 0.1) is 0 Å². The summed E-state index contributed by atoms with van der Waals surface area (Å²) in [6.07, 6.45) is 1.99. The van der Waals surface area contributed by atoms with Crippen LogP contribution in [0.15, 0.2) is 5.16 Å². The summed E-state index contributed by atoms with van der Waals surface area (Å²) < 4.78 is 0. The molecule has 8 heavy (non-hydrogen) atoms. The summed E-state index contributed by atoms with van der Waals surface area (Å²) >= 11 is 1.67. The van der Waals surface area contributed by atoms with E-state index in [2.05, 4.69) is 5.16 Å². The summed E-state index contributed by atoms with van der Waals surface area (Å²) in [6.45, 7) is 3.81. The van der Waals surface area contributed by atoms with E-state index in [-0.39, 0.29) is 0 Å². The van der Waals surface area contributed by atoms with Crippen LogP contribution in [-0.4, -0.2) is 22.4 Å². The fourth-order valence-corrected chi connectivity index (χ4v) is 0.640. The largest absolute Gasteiger partial charge is 0.411 e. The van der Waals surface area contributed by atoms with Gasteiger partial charge < -0.3 is 5.21 Å². The first-order valence-corrected chi connectivity index (χ1v) is 3.72. The molecule has 48 valence electrons. The number of nitrogens with zero attached hydrogens (tertiary/aromatic N) is 1. The second-order valence-electron chi connectivity index (χ2n) is 1.62. The molecule has 0 bridgehead atoms. The second kappa shape index (κ2) is 3.78. The van der Waals surface area contributed by atoms with E-state index in [0.29, 0.717) is 5.25 Å². The minimum Gasteiger partial charge on any atom is -0.411 e. The summed E-state index contributed by atoms with van der Waals surface area (Å²) in [4.78, 5) is 0. The maximum absolute atomic E-state index is 8.21. The van der Waals surface area contributed by atoms with E-state index in [1.807, 2.05) is 13.2 Å². The molecule has 0 spiro atoms. The smallest absolute Gasteiger partial charge is 0.0666 e. The van der Waals surface area contributed by atoms with Gasteiger partial charge in [-0.25, -0.2) is 0 Å². The third kappa shape index (κ3) is 2.21. The maximum Gasteiger partial charge on any atom is 0.0666 e. The zero-order chi connectivity index (χ0) is 6.57. The van der Waals surface area contributed by atoms with Crippen LogP contribution >= 0.6 is 11.8 Å². The van der Waals surface area contributed by atoms with E-state index in [4.69, 9.17) is 5.21 Å². The highest BCUT2D eigenvalue weighted by Gasteiger charge is 2.01. The van der Waals surface area contributed by atoms with E-state index < -0.39 is 0 Å². The van der Waals surface area contributed by atoms with Gasteiger partial charge in [0.05, 0.1) is 5.71 Å². The van der Waals surface area contributed by atoms with Crippen molar-refractivity contribution in [1.29, 1.82) is 0 Å². The zero-order valence-corrected chi connectivity index (χ0v) is 6.20. The Balaban J connectivity index is 3.63. The molecule has 0 aliphatic rings. The van der Waals surface area contributed by atoms with Crippen molar-refractivity contribution in [2.45, 2.75) is 19.1 Å². The Labute approximate surface area is 54.0 Å². The van der Waals surface area contributed by atoms with Gasteiger partial charge in [-0.1, -0.05) is 5.16 Å². The number of hydrogen-bond donors (Lipinski definition) is 1. The van der Waals surface area contributed by atoms with Gasteiger partial charge in [-0.2, -0.15) is 11.8 Å². The van der Waals surface area contributed by atoms with Crippen LogP contribution in [0.5, 0.6) is 0 Å². The molecule has 0 aromatic rings.